The first-order valence-corrected chi connectivity index (χ1v) is 10.5. The van der Waals surface area contributed by atoms with E-state index >= 15 is 0 Å². The number of nitriles is 1. The lowest BCUT2D eigenvalue weighted by molar-refractivity contribution is 0.343. The third-order valence-electron chi connectivity index (χ3n) is 6.01. The van der Waals surface area contributed by atoms with E-state index in [2.05, 4.69) is 21.5 Å². The number of pyridine rings is 1. The van der Waals surface area contributed by atoms with E-state index in [0.717, 1.165) is 43.1 Å². The second-order valence-electron chi connectivity index (χ2n) is 8.06. The highest BCUT2D eigenvalue weighted by molar-refractivity contribution is 6.00. The van der Waals surface area contributed by atoms with Crippen LogP contribution in [0.25, 0.3) is 33.5 Å². The molecule has 1 aromatic carbocycles. The molecule has 4 heterocycles. The number of nitrogens with one attached hydrogen (secondary N) is 1. The quantitative estimate of drug-likeness (QED) is 0.515. The van der Waals surface area contributed by atoms with Crippen LogP contribution < -0.4 is 5.32 Å². The van der Waals surface area contributed by atoms with Crippen molar-refractivity contribution in [2.24, 2.45) is 7.05 Å². The summed E-state index contributed by atoms with van der Waals surface area (Å²) in [4.78, 5) is 4.62. The van der Waals surface area contributed by atoms with Gasteiger partial charge in [0.2, 0.25) is 0 Å². The molecule has 1 fully saturated rings. The summed E-state index contributed by atoms with van der Waals surface area (Å²) >= 11 is 0. The van der Waals surface area contributed by atoms with Gasteiger partial charge in [0.25, 0.3) is 0 Å². The number of phenolic OH excluding ortho intramolecular Hbond substituents is 1. The molecule has 32 heavy (non-hydrogen) atoms. The Bertz CT molecular complexity index is 1380. The normalized spacial score (nSPS) is 14.7. The average Bonchev–Trinajstić information content (AvgIpc) is 3.38. The zero-order valence-electron chi connectivity index (χ0n) is 17.8. The summed E-state index contributed by atoms with van der Waals surface area (Å²) in [5, 5.41) is 33.2. The largest absolute Gasteiger partial charge is 0.508 e. The lowest BCUT2D eigenvalue weighted by Gasteiger charge is -2.22. The van der Waals surface area contributed by atoms with E-state index in [1.807, 2.05) is 23.9 Å². The van der Waals surface area contributed by atoms with Crippen LogP contribution in [-0.4, -0.2) is 42.7 Å². The molecule has 2 N–H and O–H groups in total. The molecule has 1 aliphatic rings. The van der Waals surface area contributed by atoms with Crippen LogP contribution in [0, 0.1) is 24.1 Å². The predicted molar refractivity (Wildman–Crippen MR) is 117 cm³/mol. The van der Waals surface area contributed by atoms with Crippen molar-refractivity contribution in [2.75, 3.05) is 13.1 Å². The molecule has 0 amide bonds. The zero-order valence-corrected chi connectivity index (χ0v) is 17.8. The molecule has 0 unspecified atom stereocenters. The topological polar surface area (TPSA) is 105 Å². The molecule has 0 aliphatic carbocycles. The van der Waals surface area contributed by atoms with E-state index in [9.17, 15) is 14.8 Å². The molecule has 3 aromatic heterocycles. The summed E-state index contributed by atoms with van der Waals surface area (Å²) in [6.45, 7) is 3.74. The average molecular weight is 431 g/mol. The smallest absolute Gasteiger partial charge is 0.159 e. The number of hydrogen-bond acceptors (Lipinski definition) is 6. The van der Waals surface area contributed by atoms with Crippen LogP contribution in [0.5, 0.6) is 5.75 Å². The van der Waals surface area contributed by atoms with Gasteiger partial charge in [-0.2, -0.15) is 15.5 Å². The Morgan fingerprint density at radius 1 is 1.22 bits per heavy atom. The summed E-state index contributed by atoms with van der Waals surface area (Å²) in [7, 11) is 1.77. The second kappa shape index (κ2) is 7.73. The standard InChI is InChI=1S/C23H22FN7O/c1-13-20-21(19-7-10-31(29-19)14-5-8-26-9-6-14)17(12-25)22(27-23(20)30(2)28-13)16-4-3-15(32)11-18(16)24/h3-4,7,10-11,14,26,32H,5-6,8-9H2,1-2H3. The fraction of sp³-hybridized carbons (Fsp3) is 0.304. The molecule has 162 valence electrons. The number of aromatic hydroxyl groups is 1. The Labute approximate surface area is 183 Å². The summed E-state index contributed by atoms with van der Waals surface area (Å²) in [5.41, 5.74) is 3.05. The minimum Gasteiger partial charge on any atom is -0.508 e. The first kappa shape index (κ1) is 20.2. The Balaban J connectivity index is 1.78. The van der Waals surface area contributed by atoms with Crippen molar-refractivity contribution in [1.82, 2.24) is 29.9 Å². The molecule has 4 aromatic rings. The van der Waals surface area contributed by atoms with Crippen LogP contribution in [0.1, 0.15) is 30.1 Å². The van der Waals surface area contributed by atoms with Crippen molar-refractivity contribution in [3.8, 4) is 34.3 Å². The zero-order chi connectivity index (χ0) is 22.4. The van der Waals surface area contributed by atoms with Gasteiger partial charge in [0.05, 0.1) is 34.1 Å². The van der Waals surface area contributed by atoms with Crippen LogP contribution >= 0.6 is 0 Å². The van der Waals surface area contributed by atoms with E-state index in [0.29, 0.717) is 16.9 Å². The Hall–Kier alpha value is -3.77. The highest BCUT2D eigenvalue weighted by atomic mass is 19.1. The molecule has 9 heteroatoms. The number of rotatable bonds is 3. The van der Waals surface area contributed by atoms with Crippen molar-refractivity contribution in [2.45, 2.75) is 25.8 Å². The molecule has 1 aliphatic heterocycles. The fourth-order valence-electron chi connectivity index (χ4n) is 4.47. The van der Waals surface area contributed by atoms with Crippen LogP contribution in [0.2, 0.25) is 0 Å². The van der Waals surface area contributed by atoms with Crippen molar-refractivity contribution in [3.05, 3.63) is 47.5 Å². The Kier molecular flexibility index (Phi) is 4.87. The van der Waals surface area contributed by atoms with Gasteiger partial charge in [-0.25, -0.2) is 9.37 Å². The monoisotopic (exact) mass is 431 g/mol. The lowest BCUT2D eigenvalue weighted by atomic mass is 9.96. The van der Waals surface area contributed by atoms with Gasteiger partial charge in [0, 0.05) is 30.4 Å². The Morgan fingerprint density at radius 2 is 2.00 bits per heavy atom. The van der Waals surface area contributed by atoms with Gasteiger partial charge in [-0.05, 0) is 51.1 Å². The predicted octanol–water partition coefficient (Wildman–Crippen LogP) is 3.45. The highest BCUT2D eigenvalue weighted by Gasteiger charge is 2.26. The van der Waals surface area contributed by atoms with Gasteiger partial charge in [-0.3, -0.25) is 9.36 Å². The molecule has 5 rings (SSSR count). The van der Waals surface area contributed by atoms with E-state index in [-0.39, 0.29) is 28.6 Å². The van der Waals surface area contributed by atoms with Gasteiger partial charge in [-0.15, -0.1) is 0 Å². The maximum absolute atomic E-state index is 14.8. The van der Waals surface area contributed by atoms with Gasteiger partial charge < -0.3 is 10.4 Å². The van der Waals surface area contributed by atoms with Gasteiger partial charge in [0.15, 0.2) is 5.65 Å². The molecule has 0 atom stereocenters. The van der Waals surface area contributed by atoms with E-state index in [1.165, 1.54) is 12.1 Å². The first-order valence-electron chi connectivity index (χ1n) is 10.5. The summed E-state index contributed by atoms with van der Waals surface area (Å²) in [6.07, 6.45) is 3.90. The SMILES string of the molecule is Cc1nn(C)c2nc(-c3ccc(O)cc3F)c(C#N)c(-c3ccn(C4CCNCC4)n3)c12. The van der Waals surface area contributed by atoms with Crippen LogP contribution in [0.4, 0.5) is 4.39 Å². The minimum absolute atomic E-state index is 0.138. The number of nitrogens with zero attached hydrogens (tertiary/aromatic N) is 6. The molecule has 0 saturated carbocycles. The third-order valence-corrected chi connectivity index (χ3v) is 6.01. The number of hydrogen-bond donors (Lipinski definition) is 2. The number of piperidine rings is 1. The first-order chi connectivity index (χ1) is 15.5. The molecular weight excluding hydrogens is 409 g/mol. The number of benzene rings is 1. The third kappa shape index (κ3) is 3.20. The number of phenols is 1. The van der Waals surface area contributed by atoms with E-state index in [4.69, 9.17) is 5.10 Å². The molecule has 0 bridgehead atoms. The lowest BCUT2D eigenvalue weighted by Crippen LogP contribution is -2.29. The van der Waals surface area contributed by atoms with Crippen molar-refractivity contribution in [1.29, 1.82) is 5.26 Å². The molecule has 0 spiro atoms. The number of fused-ring (bicyclic) bond motifs is 1. The van der Waals surface area contributed by atoms with Crippen molar-refractivity contribution >= 4 is 11.0 Å². The van der Waals surface area contributed by atoms with Crippen molar-refractivity contribution < 1.29 is 9.50 Å². The second-order valence-corrected chi connectivity index (χ2v) is 8.06. The summed E-state index contributed by atoms with van der Waals surface area (Å²) in [5.74, 6) is -0.846. The van der Waals surface area contributed by atoms with Gasteiger partial charge >= 0.3 is 0 Å². The van der Waals surface area contributed by atoms with Crippen LogP contribution in [-0.2, 0) is 7.05 Å². The number of aromatic nitrogens is 5. The van der Waals surface area contributed by atoms with E-state index in [1.54, 1.807) is 11.7 Å². The molecule has 0 radical (unpaired) electrons. The van der Waals surface area contributed by atoms with Crippen LogP contribution in [0.3, 0.4) is 0 Å². The van der Waals surface area contributed by atoms with Gasteiger partial charge in [-0.1, -0.05) is 0 Å². The molecule has 8 nitrogen and oxygen atoms in total. The maximum atomic E-state index is 14.8. The summed E-state index contributed by atoms with van der Waals surface area (Å²) < 4.78 is 18.4. The number of aryl methyl sites for hydroxylation is 2. The highest BCUT2D eigenvalue weighted by Crippen LogP contribution is 2.38. The van der Waals surface area contributed by atoms with Gasteiger partial charge in [0.1, 0.15) is 17.6 Å². The van der Waals surface area contributed by atoms with E-state index < -0.39 is 5.82 Å². The minimum atomic E-state index is -0.654. The fourth-order valence-corrected chi connectivity index (χ4v) is 4.47. The van der Waals surface area contributed by atoms with Crippen molar-refractivity contribution in [3.63, 3.8) is 0 Å². The number of halogens is 1. The maximum Gasteiger partial charge on any atom is 0.159 e. The molecule has 1 saturated heterocycles. The Morgan fingerprint density at radius 3 is 2.72 bits per heavy atom. The summed E-state index contributed by atoms with van der Waals surface area (Å²) in [6, 6.07) is 8.24. The molecular formula is C23H22FN7O. The van der Waals surface area contributed by atoms with Crippen LogP contribution in [0.15, 0.2) is 30.5 Å².